The number of hydrogen-bond acceptors (Lipinski definition) is 2. The number of aliphatic imine (C=N–C) groups is 1. The molecule has 4 nitrogen and oxygen atoms in total. The zero-order valence-electron chi connectivity index (χ0n) is 15.2. The van der Waals surface area contributed by atoms with E-state index < -0.39 is 0 Å². The lowest BCUT2D eigenvalue weighted by Crippen LogP contribution is -2.44. The molecule has 2 aromatic rings. The second kappa shape index (κ2) is 10.4. The number of nitrogens with one attached hydrogen (secondary N) is 1. The van der Waals surface area contributed by atoms with Gasteiger partial charge in [0.2, 0.25) is 0 Å². The normalized spacial score (nSPS) is 11.7. The van der Waals surface area contributed by atoms with Crippen molar-refractivity contribution >= 4 is 29.9 Å². The van der Waals surface area contributed by atoms with E-state index in [-0.39, 0.29) is 29.5 Å². The Labute approximate surface area is 167 Å². The van der Waals surface area contributed by atoms with Crippen molar-refractivity contribution in [3.8, 4) is 0 Å². The van der Waals surface area contributed by atoms with E-state index in [1.54, 1.807) is 0 Å². The van der Waals surface area contributed by atoms with E-state index >= 15 is 0 Å². The fraction of sp³-hybridized carbons (Fsp3) is 0.350. The highest BCUT2D eigenvalue weighted by atomic mass is 127. The van der Waals surface area contributed by atoms with Crippen molar-refractivity contribution in [1.29, 1.82) is 0 Å². The van der Waals surface area contributed by atoms with Gasteiger partial charge in [0.15, 0.2) is 5.96 Å². The first-order chi connectivity index (χ1) is 11.4. The molecule has 0 aliphatic rings. The number of nitrogens with two attached hydrogens (primary N) is 1. The topological polar surface area (TPSA) is 59.6 Å². The lowest BCUT2D eigenvalue weighted by atomic mass is 10.1. The zero-order valence-corrected chi connectivity index (χ0v) is 17.5. The summed E-state index contributed by atoms with van der Waals surface area (Å²) in [5.74, 6) is 0.466. The van der Waals surface area contributed by atoms with Crippen LogP contribution in [0.15, 0.2) is 59.6 Å². The van der Waals surface area contributed by atoms with Crippen LogP contribution in [-0.2, 0) is 24.5 Å². The fourth-order valence-corrected chi connectivity index (χ4v) is 2.28. The number of ether oxygens (including phenoxy) is 1. The molecule has 0 aromatic heterocycles. The Morgan fingerprint density at radius 2 is 1.56 bits per heavy atom. The maximum atomic E-state index is 5.90. The maximum absolute atomic E-state index is 5.90. The summed E-state index contributed by atoms with van der Waals surface area (Å²) in [4.78, 5) is 4.39. The minimum atomic E-state index is -0.0826. The van der Waals surface area contributed by atoms with Gasteiger partial charge >= 0.3 is 0 Å². The number of nitrogens with zero attached hydrogens (tertiary/aromatic N) is 1. The second-order valence-electron chi connectivity index (χ2n) is 6.87. The van der Waals surface area contributed by atoms with E-state index in [4.69, 9.17) is 10.5 Å². The van der Waals surface area contributed by atoms with Crippen LogP contribution in [0.2, 0.25) is 0 Å². The lowest BCUT2D eigenvalue weighted by molar-refractivity contribution is 0.107. The van der Waals surface area contributed by atoms with Gasteiger partial charge in [-0.05, 0) is 37.5 Å². The van der Waals surface area contributed by atoms with Crippen molar-refractivity contribution in [2.24, 2.45) is 10.7 Å². The van der Waals surface area contributed by atoms with Crippen molar-refractivity contribution in [2.75, 3.05) is 0 Å². The Balaban J connectivity index is 0.00000312. The quantitative estimate of drug-likeness (QED) is 0.391. The van der Waals surface area contributed by atoms with Gasteiger partial charge in [-0.2, -0.15) is 0 Å². The van der Waals surface area contributed by atoms with Crippen molar-refractivity contribution in [3.05, 3.63) is 71.3 Å². The van der Waals surface area contributed by atoms with Gasteiger partial charge < -0.3 is 15.8 Å². The van der Waals surface area contributed by atoms with E-state index in [1.807, 2.05) is 24.3 Å². The Morgan fingerprint density at radius 1 is 0.960 bits per heavy atom. The summed E-state index contributed by atoms with van der Waals surface area (Å²) in [5, 5.41) is 3.16. The molecule has 0 heterocycles. The van der Waals surface area contributed by atoms with Gasteiger partial charge in [-0.3, -0.25) is 0 Å². The third-order valence-corrected chi connectivity index (χ3v) is 3.31. The van der Waals surface area contributed by atoms with E-state index in [2.05, 4.69) is 61.4 Å². The third-order valence-electron chi connectivity index (χ3n) is 3.31. The predicted octanol–water partition coefficient (Wildman–Crippen LogP) is 4.22. The zero-order chi connectivity index (χ0) is 17.4. The summed E-state index contributed by atoms with van der Waals surface area (Å²) in [6.07, 6.45) is 0. The van der Waals surface area contributed by atoms with Gasteiger partial charge in [0.05, 0.1) is 19.8 Å². The van der Waals surface area contributed by atoms with Gasteiger partial charge in [0.25, 0.3) is 0 Å². The highest BCUT2D eigenvalue weighted by molar-refractivity contribution is 14.0. The third kappa shape index (κ3) is 8.88. The Bertz CT molecular complexity index is 666. The number of rotatable bonds is 6. The highest BCUT2D eigenvalue weighted by Crippen LogP contribution is 2.10. The van der Waals surface area contributed by atoms with Crippen molar-refractivity contribution in [3.63, 3.8) is 0 Å². The molecule has 0 amide bonds. The smallest absolute Gasteiger partial charge is 0.189 e. The number of benzene rings is 2. The molecular weight excluding hydrogens is 425 g/mol. The van der Waals surface area contributed by atoms with Crippen LogP contribution in [0.5, 0.6) is 0 Å². The van der Waals surface area contributed by atoms with Crippen LogP contribution in [0, 0.1) is 0 Å². The monoisotopic (exact) mass is 453 g/mol. The van der Waals surface area contributed by atoms with E-state index in [0.29, 0.717) is 25.7 Å². The fourth-order valence-electron chi connectivity index (χ4n) is 2.28. The van der Waals surface area contributed by atoms with Gasteiger partial charge in [0, 0.05) is 5.54 Å². The second-order valence-corrected chi connectivity index (χ2v) is 6.87. The molecule has 0 aliphatic heterocycles. The average Bonchev–Trinajstić information content (AvgIpc) is 2.53. The van der Waals surface area contributed by atoms with Crippen molar-refractivity contribution in [2.45, 2.75) is 46.1 Å². The molecule has 0 atom stereocenters. The molecule has 25 heavy (non-hydrogen) atoms. The number of guanidine groups is 1. The molecular formula is C20H28IN3O. The molecule has 0 radical (unpaired) electrons. The standard InChI is InChI=1S/C20H27N3O.HI/c1-20(2,3)23-19(21)22-13-17-10-7-11-18(12-17)15-24-14-16-8-5-4-6-9-16;/h4-12H,13-15H2,1-3H3,(H3,21,22,23);1H. The summed E-state index contributed by atoms with van der Waals surface area (Å²) in [6, 6.07) is 18.4. The molecule has 0 spiro atoms. The molecule has 0 saturated carbocycles. The largest absolute Gasteiger partial charge is 0.372 e. The van der Waals surface area contributed by atoms with Gasteiger partial charge in [0.1, 0.15) is 0 Å². The molecule has 0 aliphatic carbocycles. The van der Waals surface area contributed by atoms with Crippen molar-refractivity contribution in [1.82, 2.24) is 5.32 Å². The van der Waals surface area contributed by atoms with E-state index in [1.165, 1.54) is 5.56 Å². The number of hydrogen-bond donors (Lipinski definition) is 2. The molecule has 5 heteroatoms. The van der Waals surface area contributed by atoms with Gasteiger partial charge in [-0.15, -0.1) is 24.0 Å². The van der Waals surface area contributed by atoms with Crippen LogP contribution in [-0.4, -0.2) is 11.5 Å². The van der Waals surface area contributed by atoms with Gasteiger partial charge in [-0.25, -0.2) is 4.99 Å². The summed E-state index contributed by atoms with van der Waals surface area (Å²) in [5.41, 5.74) is 9.26. The van der Waals surface area contributed by atoms with Crippen LogP contribution < -0.4 is 11.1 Å². The first kappa shape index (κ1) is 21.4. The molecule has 0 unspecified atom stereocenters. The van der Waals surface area contributed by atoms with Crippen LogP contribution in [0.3, 0.4) is 0 Å². The van der Waals surface area contributed by atoms with E-state index in [9.17, 15) is 0 Å². The summed E-state index contributed by atoms with van der Waals surface area (Å²) in [7, 11) is 0. The average molecular weight is 453 g/mol. The summed E-state index contributed by atoms with van der Waals surface area (Å²) in [6.45, 7) is 7.93. The Hall–Kier alpha value is -1.60. The number of halogens is 1. The SMILES string of the molecule is CC(C)(C)NC(N)=NCc1cccc(COCc2ccccc2)c1.I. The lowest BCUT2D eigenvalue weighted by Gasteiger charge is -2.21. The summed E-state index contributed by atoms with van der Waals surface area (Å²) >= 11 is 0. The molecule has 3 N–H and O–H groups in total. The van der Waals surface area contributed by atoms with Crippen molar-refractivity contribution < 1.29 is 4.74 Å². The van der Waals surface area contributed by atoms with Crippen LogP contribution >= 0.6 is 24.0 Å². The molecule has 0 saturated heterocycles. The van der Waals surface area contributed by atoms with Crippen LogP contribution in [0.1, 0.15) is 37.5 Å². The molecule has 0 bridgehead atoms. The summed E-state index contributed by atoms with van der Waals surface area (Å²) < 4.78 is 5.78. The minimum absolute atomic E-state index is 0. The van der Waals surface area contributed by atoms with Crippen LogP contribution in [0.25, 0.3) is 0 Å². The molecule has 0 fully saturated rings. The maximum Gasteiger partial charge on any atom is 0.189 e. The first-order valence-corrected chi connectivity index (χ1v) is 8.20. The Morgan fingerprint density at radius 3 is 2.24 bits per heavy atom. The van der Waals surface area contributed by atoms with E-state index in [0.717, 1.165) is 11.1 Å². The highest BCUT2D eigenvalue weighted by Gasteiger charge is 2.09. The van der Waals surface area contributed by atoms with Gasteiger partial charge in [-0.1, -0.05) is 54.6 Å². The Kier molecular flexibility index (Phi) is 8.92. The minimum Gasteiger partial charge on any atom is -0.372 e. The molecule has 136 valence electrons. The predicted molar refractivity (Wildman–Crippen MR) is 115 cm³/mol. The van der Waals surface area contributed by atoms with Crippen LogP contribution in [0.4, 0.5) is 0 Å². The first-order valence-electron chi connectivity index (χ1n) is 8.20. The molecule has 2 aromatic carbocycles. The molecule has 2 rings (SSSR count).